The Morgan fingerprint density at radius 2 is 1.79 bits per heavy atom. The molecular weight excluding hydrogens is 175 g/mol. The van der Waals surface area contributed by atoms with Gasteiger partial charge in [-0.1, -0.05) is 49.1 Å². The second kappa shape index (κ2) is 3.62. The smallest absolute Gasteiger partial charge is 0.143 e. The van der Waals surface area contributed by atoms with Crippen LogP contribution in [0.1, 0.15) is 11.7 Å². The topological polar surface area (TPSA) is 0 Å². The highest BCUT2D eigenvalue weighted by molar-refractivity contribution is 5.83. The summed E-state index contributed by atoms with van der Waals surface area (Å²) in [5, 5.41) is 2.20. The molecule has 0 aliphatic rings. The summed E-state index contributed by atoms with van der Waals surface area (Å²) < 4.78 is 13.3. The Balaban J connectivity index is 2.56. The molecule has 0 heterocycles. The van der Waals surface area contributed by atoms with Crippen molar-refractivity contribution in [1.82, 2.24) is 0 Å². The van der Waals surface area contributed by atoms with Gasteiger partial charge in [0, 0.05) is 0 Å². The summed E-state index contributed by atoms with van der Waals surface area (Å²) >= 11 is 0. The minimum Gasteiger partial charge on any atom is -0.238 e. The van der Waals surface area contributed by atoms with Gasteiger partial charge < -0.3 is 0 Å². The summed E-state index contributed by atoms with van der Waals surface area (Å²) in [6, 6.07) is 13.5. The SMILES string of the molecule is C=C[C@@H](F)c1ccc2ccccc2c1. The highest BCUT2D eigenvalue weighted by Crippen LogP contribution is 2.23. The van der Waals surface area contributed by atoms with Crippen molar-refractivity contribution in [3.63, 3.8) is 0 Å². The summed E-state index contributed by atoms with van der Waals surface area (Å²) in [7, 11) is 0. The zero-order valence-corrected chi connectivity index (χ0v) is 7.78. The lowest BCUT2D eigenvalue weighted by Gasteiger charge is -2.04. The van der Waals surface area contributed by atoms with Gasteiger partial charge in [0.25, 0.3) is 0 Å². The standard InChI is InChI=1S/C13H11F/c1-2-13(14)12-8-7-10-5-3-4-6-11(10)9-12/h2-9,13H,1H2/t13-/m1/s1. The van der Waals surface area contributed by atoms with E-state index in [9.17, 15) is 4.39 Å². The van der Waals surface area contributed by atoms with Crippen LogP contribution in [0, 0.1) is 0 Å². The largest absolute Gasteiger partial charge is 0.238 e. The van der Waals surface area contributed by atoms with E-state index in [0.29, 0.717) is 5.56 Å². The van der Waals surface area contributed by atoms with E-state index in [2.05, 4.69) is 6.58 Å². The Morgan fingerprint density at radius 3 is 2.50 bits per heavy atom. The van der Waals surface area contributed by atoms with Gasteiger partial charge in [-0.2, -0.15) is 0 Å². The number of hydrogen-bond donors (Lipinski definition) is 0. The lowest BCUT2D eigenvalue weighted by molar-refractivity contribution is 0.415. The molecule has 2 rings (SSSR count). The molecule has 0 radical (unpaired) electrons. The number of allylic oxidation sites excluding steroid dienone is 1. The van der Waals surface area contributed by atoms with Gasteiger partial charge in [0.2, 0.25) is 0 Å². The van der Waals surface area contributed by atoms with Crippen molar-refractivity contribution >= 4 is 10.8 Å². The molecule has 70 valence electrons. The Labute approximate surface area is 82.7 Å². The number of alkyl halides is 1. The quantitative estimate of drug-likeness (QED) is 0.621. The minimum atomic E-state index is -1.07. The number of rotatable bonds is 2. The third-order valence-corrected chi connectivity index (χ3v) is 2.30. The maximum Gasteiger partial charge on any atom is 0.143 e. The monoisotopic (exact) mass is 186 g/mol. The van der Waals surface area contributed by atoms with Crippen LogP contribution in [0.25, 0.3) is 10.8 Å². The maximum absolute atomic E-state index is 13.3. The molecule has 14 heavy (non-hydrogen) atoms. The summed E-state index contributed by atoms with van der Waals surface area (Å²) in [6.07, 6.45) is 0.240. The number of benzene rings is 2. The summed E-state index contributed by atoms with van der Waals surface area (Å²) in [5.74, 6) is 0. The first kappa shape index (κ1) is 8.95. The zero-order valence-electron chi connectivity index (χ0n) is 7.78. The lowest BCUT2D eigenvalue weighted by atomic mass is 10.0. The molecule has 0 unspecified atom stereocenters. The third-order valence-electron chi connectivity index (χ3n) is 2.30. The maximum atomic E-state index is 13.3. The van der Waals surface area contributed by atoms with Crippen LogP contribution in [0.15, 0.2) is 55.1 Å². The molecule has 0 saturated heterocycles. The van der Waals surface area contributed by atoms with Gasteiger partial charge in [0.05, 0.1) is 0 Å². The van der Waals surface area contributed by atoms with Crippen LogP contribution in [0.5, 0.6) is 0 Å². The first-order valence-electron chi connectivity index (χ1n) is 4.56. The Bertz CT molecular complexity index is 459. The van der Waals surface area contributed by atoms with E-state index in [-0.39, 0.29) is 0 Å². The molecule has 2 aromatic carbocycles. The molecule has 0 bridgehead atoms. The third kappa shape index (κ3) is 1.53. The molecule has 0 fully saturated rings. The molecule has 0 spiro atoms. The highest BCUT2D eigenvalue weighted by Gasteiger charge is 2.04. The predicted octanol–water partition coefficient (Wildman–Crippen LogP) is 4.04. The van der Waals surface area contributed by atoms with E-state index in [1.54, 1.807) is 6.07 Å². The summed E-state index contributed by atoms with van der Waals surface area (Å²) in [4.78, 5) is 0. The summed E-state index contributed by atoms with van der Waals surface area (Å²) in [6.45, 7) is 3.44. The molecule has 0 aromatic heterocycles. The van der Waals surface area contributed by atoms with Crippen molar-refractivity contribution in [3.05, 3.63) is 60.7 Å². The molecule has 1 heteroatoms. The number of halogens is 1. The average Bonchev–Trinajstić information content (AvgIpc) is 2.27. The highest BCUT2D eigenvalue weighted by atomic mass is 19.1. The lowest BCUT2D eigenvalue weighted by Crippen LogP contribution is -1.86. The van der Waals surface area contributed by atoms with E-state index >= 15 is 0 Å². The van der Waals surface area contributed by atoms with Gasteiger partial charge >= 0.3 is 0 Å². The first-order valence-corrected chi connectivity index (χ1v) is 4.56. The fourth-order valence-corrected chi connectivity index (χ4v) is 1.52. The molecule has 0 amide bonds. The van der Waals surface area contributed by atoms with Crippen LogP contribution in [0.4, 0.5) is 4.39 Å². The molecule has 0 saturated carbocycles. The van der Waals surface area contributed by atoms with Crippen LogP contribution in [-0.2, 0) is 0 Å². The van der Waals surface area contributed by atoms with E-state index in [4.69, 9.17) is 0 Å². The van der Waals surface area contributed by atoms with Crippen LogP contribution in [0.2, 0.25) is 0 Å². The Morgan fingerprint density at radius 1 is 1.07 bits per heavy atom. The van der Waals surface area contributed by atoms with Crippen LogP contribution in [0.3, 0.4) is 0 Å². The fourth-order valence-electron chi connectivity index (χ4n) is 1.52. The van der Waals surface area contributed by atoms with Gasteiger partial charge in [0.15, 0.2) is 0 Å². The fraction of sp³-hybridized carbons (Fsp3) is 0.0769. The Kier molecular flexibility index (Phi) is 2.32. The van der Waals surface area contributed by atoms with Crippen LogP contribution >= 0.6 is 0 Å². The number of fused-ring (bicyclic) bond motifs is 1. The Hall–Kier alpha value is -1.63. The normalized spacial score (nSPS) is 12.6. The minimum absolute atomic E-state index is 0.665. The van der Waals surface area contributed by atoms with Crippen molar-refractivity contribution < 1.29 is 4.39 Å². The van der Waals surface area contributed by atoms with E-state index < -0.39 is 6.17 Å². The van der Waals surface area contributed by atoms with Crippen molar-refractivity contribution in [3.8, 4) is 0 Å². The van der Waals surface area contributed by atoms with Crippen molar-refractivity contribution in [2.45, 2.75) is 6.17 Å². The van der Waals surface area contributed by atoms with Gasteiger partial charge in [0.1, 0.15) is 6.17 Å². The van der Waals surface area contributed by atoms with E-state index in [1.807, 2.05) is 36.4 Å². The van der Waals surface area contributed by atoms with E-state index in [1.165, 1.54) is 6.08 Å². The molecular formula is C13H11F. The van der Waals surface area contributed by atoms with Crippen molar-refractivity contribution in [2.24, 2.45) is 0 Å². The summed E-state index contributed by atoms with van der Waals surface area (Å²) in [5.41, 5.74) is 0.665. The van der Waals surface area contributed by atoms with Crippen molar-refractivity contribution in [2.75, 3.05) is 0 Å². The molecule has 1 atom stereocenters. The second-order valence-electron chi connectivity index (χ2n) is 3.24. The number of hydrogen-bond acceptors (Lipinski definition) is 0. The second-order valence-corrected chi connectivity index (χ2v) is 3.24. The van der Waals surface area contributed by atoms with Gasteiger partial charge in [-0.25, -0.2) is 4.39 Å². The van der Waals surface area contributed by atoms with Crippen LogP contribution < -0.4 is 0 Å². The molecule has 0 nitrogen and oxygen atoms in total. The van der Waals surface area contributed by atoms with Crippen LogP contribution in [-0.4, -0.2) is 0 Å². The van der Waals surface area contributed by atoms with E-state index in [0.717, 1.165) is 10.8 Å². The predicted molar refractivity (Wildman–Crippen MR) is 58.0 cm³/mol. The van der Waals surface area contributed by atoms with Gasteiger partial charge in [-0.3, -0.25) is 0 Å². The first-order chi connectivity index (χ1) is 6.81. The molecule has 0 aliphatic heterocycles. The molecule has 2 aromatic rings. The zero-order chi connectivity index (χ0) is 9.97. The van der Waals surface area contributed by atoms with Crippen molar-refractivity contribution in [1.29, 1.82) is 0 Å². The molecule has 0 aliphatic carbocycles. The molecule has 0 N–H and O–H groups in total. The average molecular weight is 186 g/mol. The van der Waals surface area contributed by atoms with Gasteiger partial charge in [-0.05, 0) is 22.4 Å². The van der Waals surface area contributed by atoms with Gasteiger partial charge in [-0.15, -0.1) is 0 Å².